The summed E-state index contributed by atoms with van der Waals surface area (Å²) in [6.07, 6.45) is 5.73. The molecule has 3 aliphatic carbocycles. The highest BCUT2D eigenvalue weighted by Crippen LogP contribution is 2.65. The van der Waals surface area contributed by atoms with E-state index in [0.29, 0.717) is 6.04 Å². The van der Waals surface area contributed by atoms with Gasteiger partial charge >= 0.3 is 0 Å². The third-order valence-electron chi connectivity index (χ3n) is 5.13. The average molecular weight is 222 g/mol. The Hall–Kier alpha value is -0.0800. The van der Waals surface area contributed by atoms with Crippen LogP contribution in [0.25, 0.3) is 0 Å². The molecule has 3 saturated carbocycles. The highest BCUT2D eigenvalue weighted by Gasteiger charge is 2.64. The maximum atomic E-state index is 6.12. The Morgan fingerprint density at radius 3 is 2.38 bits per heavy atom. The maximum Gasteiger partial charge on any atom is 0.0167 e. The van der Waals surface area contributed by atoms with Crippen LogP contribution in [0.5, 0.6) is 0 Å². The van der Waals surface area contributed by atoms with Crippen LogP contribution in [0.4, 0.5) is 0 Å². The fraction of sp³-hybridized carbons (Fsp3) is 1.00. The standard InChI is InChI=1S/C14H26N2/c1-8(2)5-11(15)7-16-14-12-9-3-4-10(6-9)13(12)14/h8-14,16H,3-7,15H2,1-2H3. The highest BCUT2D eigenvalue weighted by molar-refractivity contribution is 5.16. The number of rotatable bonds is 5. The summed E-state index contributed by atoms with van der Waals surface area (Å²) >= 11 is 0. The quantitative estimate of drug-likeness (QED) is 0.746. The smallest absolute Gasteiger partial charge is 0.0167 e. The molecule has 0 saturated heterocycles. The molecule has 0 aliphatic heterocycles. The molecule has 0 amide bonds. The fourth-order valence-corrected chi connectivity index (χ4v) is 4.57. The lowest BCUT2D eigenvalue weighted by Gasteiger charge is -2.16. The van der Waals surface area contributed by atoms with Crippen LogP contribution in [0.15, 0.2) is 0 Å². The van der Waals surface area contributed by atoms with E-state index in [1.54, 1.807) is 6.42 Å². The summed E-state index contributed by atoms with van der Waals surface area (Å²) in [5, 5.41) is 3.74. The molecule has 16 heavy (non-hydrogen) atoms. The summed E-state index contributed by atoms with van der Waals surface area (Å²) in [6, 6.07) is 1.21. The molecule has 0 spiro atoms. The van der Waals surface area contributed by atoms with Gasteiger partial charge in [-0.2, -0.15) is 0 Å². The first kappa shape index (κ1) is 11.0. The Morgan fingerprint density at radius 2 is 1.81 bits per heavy atom. The molecule has 5 unspecified atom stereocenters. The summed E-state index contributed by atoms with van der Waals surface area (Å²) in [5.41, 5.74) is 6.12. The van der Waals surface area contributed by atoms with Crippen LogP contribution in [0.2, 0.25) is 0 Å². The number of hydrogen-bond acceptors (Lipinski definition) is 2. The Bertz CT molecular complexity index is 247. The molecule has 3 aliphatic rings. The maximum absolute atomic E-state index is 6.12. The summed E-state index contributed by atoms with van der Waals surface area (Å²) < 4.78 is 0. The number of nitrogens with two attached hydrogens (primary N) is 1. The van der Waals surface area contributed by atoms with E-state index in [1.165, 1.54) is 12.8 Å². The van der Waals surface area contributed by atoms with Gasteiger partial charge in [0, 0.05) is 18.6 Å². The first-order valence-electron chi connectivity index (χ1n) is 7.15. The van der Waals surface area contributed by atoms with E-state index >= 15 is 0 Å². The Kier molecular flexibility index (Phi) is 2.75. The molecular formula is C14H26N2. The van der Waals surface area contributed by atoms with Crippen molar-refractivity contribution in [3.05, 3.63) is 0 Å². The first-order valence-corrected chi connectivity index (χ1v) is 7.15. The van der Waals surface area contributed by atoms with Crippen molar-refractivity contribution in [1.82, 2.24) is 5.32 Å². The van der Waals surface area contributed by atoms with Gasteiger partial charge in [0.15, 0.2) is 0 Å². The summed E-state index contributed by atoms with van der Waals surface area (Å²) in [5.74, 6) is 4.98. The van der Waals surface area contributed by atoms with E-state index in [0.717, 1.165) is 48.6 Å². The van der Waals surface area contributed by atoms with Crippen molar-refractivity contribution in [3.8, 4) is 0 Å². The van der Waals surface area contributed by atoms with Crippen molar-refractivity contribution in [2.75, 3.05) is 6.54 Å². The molecule has 5 atom stereocenters. The zero-order chi connectivity index (χ0) is 11.3. The van der Waals surface area contributed by atoms with Gasteiger partial charge in [-0.25, -0.2) is 0 Å². The number of hydrogen-bond donors (Lipinski definition) is 2. The minimum Gasteiger partial charge on any atom is -0.327 e. The van der Waals surface area contributed by atoms with Crippen molar-refractivity contribution >= 4 is 0 Å². The minimum atomic E-state index is 0.360. The predicted molar refractivity (Wildman–Crippen MR) is 67.0 cm³/mol. The van der Waals surface area contributed by atoms with E-state index in [2.05, 4.69) is 19.2 Å². The SMILES string of the molecule is CC(C)CC(N)CNC1C2C3CCC(C3)C12. The predicted octanol–water partition coefficient (Wildman–Crippen LogP) is 1.99. The fourth-order valence-electron chi connectivity index (χ4n) is 4.57. The molecule has 3 fully saturated rings. The minimum absolute atomic E-state index is 0.360. The summed E-state index contributed by atoms with van der Waals surface area (Å²) in [7, 11) is 0. The Morgan fingerprint density at radius 1 is 1.19 bits per heavy atom. The van der Waals surface area contributed by atoms with Crippen molar-refractivity contribution in [3.63, 3.8) is 0 Å². The van der Waals surface area contributed by atoms with E-state index in [1.807, 2.05) is 0 Å². The van der Waals surface area contributed by atoms with Crippen LogP contribution in [0, 0.1) is 29.6 Å². The molecule has 2 nitrogen and oxygen atoms in total. The molecule has 2 heteroatoms. The number of nitrogens with one attached hydrogen (secondary N) is 1. The lowest BCUT2D eigenvalue weighted by atomic mass is 10.0. The van der Waals surface area contributed by atoms with E-state index in [4.69, 9.17) is 5.73 Å². The topological polar surface area (TPSA) is 38.0 Å². The molecule has 0 aromatic carbocycles. The highest BCUT2D eigenvalue weighted by atomic mass is 15.0. The molecule has 0 radical (unpaired) electrons. The third kappa shape index (κ3) is 1.80. The second kappa shape index (κ2) is 3.99. The van der Waals surface area contributed by atoms with Gasteiger partial charge in [-0.05, 0) is 55.3 Å². The lowest BCUT2D eigenvalue weighted by Crippen LogP contribution is -2.37. The van der Waals surface area contributed by atoms with Crippen molar-refractivity contribution < 1.29 is 0 Å². The van der Waals surface area contributed by atoms with Crippen LogP contribution in [-0.4, -0.2) is 18.6 Å². The van der Waals surface area contributed by atoms with Gasteiger partial charge in [-0.1, -0.05) is 13.8 Å². The first-order chi connectivity index (χ1) is 7.66. The molecule has 0 aromatic heterocycles. The van der Waals surface area contributed by atoms with Crippen LogP contribution >= 0.6 is 0 Å². The molecule has 3 N–H and O–H groups in total. The Labute approximate surface area is 99.4 Å². The van der Waals surface area contributed by atoms with Gasteiger partial charge in [0.25, 0.3) is 0 Å². The van der Waals surface area contributed by atoms with E-state index in [9.17, 15) is 0 Å². The molecule has 92 valence electrons. The lowest BCUT2D eigenvalue weighted by molar-refractivity contribution is 0.422. The third-order valence-corrected chi connectivity index (χ3v) is 5.13. The van der Waals surface area contributed by atoms with E-state index in [-0.39, 0.29) is 0 Å². The van der Waals surface area contributed by atoms with Gasteiger partial charge in [0.2, 0.25) is 0 Å². The molecular weight excluding hydrogens is 196 g/mol. The van der Waals surface area contributed by atoms with Gasteiger partial charge in [-0.3, -0.25) is 0 Å². The molecule has 0 aromatic rings. The molecule has 3 rings (SSSR count). The number of fused-ring (bicyclic) bond motifs is 5. The summed E-state index contributed by atoms with van der Waals surface area (Å²) in [6.45, 7) is 5.55. The van der Waals surface area contributed by atoms with Crippen LogP contribution in [0.1, 0.15) is 39.5 Å². The summed E-state index contributed by atoms with van der Waals surface area (Å²) in [4.78, 5) is 0. The van der Waals surface area contributed by atoms with Crippen LogP contribution < -0.4 is 11.1 Å². The van der Waals surface area contributed by atoms with Crippen molar-refractivity contribution in [2.24, 2.45) is 35.3 Å². The van der Waals surface area contributed by atoms with Gasteiger partial charge in [0.05, 0.1) is 0 Å². The van der Waals surface area contributed by atoms with Crippen molar-refractivity contribution in [1.29, 1.82) is 0 Å². The Balaban J connectivity index is 1.42. The second-order valence-corrected chi connectivity index (χ2v) is 6.81. The molecule has 2 bridgehead atoms. The van der Waals surface area contributed by atoms with Gasteiger partial charge < -0.3 is 11.1 Å². The van der Waals surface area contributed by atoms with E-state index < -0.39 is 0 Å². The zero-order valence-electron chi connectivity index (χ0n) is 10.7. The normalized spacial score (nSPS) is 46.1. The largest absolute Gasteiger partial charge is 0.327 e. The van der Waals surface area contributed by atoms with Gasteiger partial charge in [-0.15, -0.1) is 0 Å². The van der Waals surface area contributed by atoms with Crippen LogP contribution in [-0.2, 0) is 0 Å². The van der Waals surface area contributed by atoms with Gasteiger partial charge in [0.1, 0.15) is 0 Å². The monoisotopic (exact) mass is 222 g/mol. The zero-order valence-corrected chi connectivity index (χ0v) is 10.7. The van der Waals surface area contributed by atoms with Crippen molar-refractivity contribution in [2.45, 2.75) is 51.6 Å². The average Bonchev–Trinajstić information content (AvgIpc) is 2.62. The second-order valence-electron chi connectivity index (χ2n) is 6.81. The van der Waals surface area contributed by atoms with Crippen LogP contribution in [0.3, 0.4) is 0 Å². The molecule has 0 heterocycles.